The van der Waals surface area contributed by atoms with Crippen LogP contribution in [0.15, 0.2) is 59.3 Å². The molecule has 2 aromatic carbocycles. The summed E-state index contributed by atoms with van der Waals surface area (Å²) in [5.41, 5.74) is 5.22. The standard InChI is InChI=1S/C20H16O4S/c1-23-19(21)15-7-3-13(4-8-15)17-11-25-12-18(17)14-5-9-16(10-6-14)20(22)24-2/h3-12H,1-2H3. The van der Waals surface area contributed by atoms with Crippen molar-refractivity contribution in [2.75, 3.05) is 14.2 Å². The number of carbonyl (C=O) groups is 2. The van der Waals surface area contributed by atoms with Crippen molar-refractivity contribution in [2.45, 2.75) is 0 Å². The summed E-state index contributed by atoms with van der Waals surface area (Å²) >= 11 is 1.60. The first kappa shape index (κ1) is 16.9. The van der Waals surface area contributed by atoms with Crippen LogP contribution in [0.1, 0.15) is 20.7 Å². The second-order valence-electron chi connectivity index (χ2n) is 5.34. The average molecular weight is 352 g/mol. The van der Waals surface area contributed by atoms with Gasteiger partial charge >= 0.3 is 11.9 Å². The summed E-state index contributed by atoms with van der Waals surface area (Å²) in [6, 6.07) is 14.6. The average Bonchev–Trinajstić information content (AvgIpc) is 3.16. The molecule has 5 heteroatoms. The number of thiophene rings is 1. The molecule has 0 amide bonds. The summed E-state index contributed by atoms with van der Waals surface area (Å²) in [6.45, 7) is 0. The molecule has 0 aliphatic heterocycles. The van der Waals surface area contributed by atoms with Crippen LogP contribution in [0.2, 0.25) is 0 Å². The van der Waals surface area contributed by atoms with E-state index in [1.807, 2.05) is 24.3 Å². The van der Waals surface area contributed by atoms with E-state index >= 15 is 0 Å². The number of rotatable bonds is 4. The maximum absolute atomic E-state index is 11.6. The van der Waals surface area contributed by atoms with Crippen LogP contribution in [0.4, 0.5) is 0 Å². The van der Waals surface area contributed by atoms with Gasteiger partial charge in [-0.3, -0.25) is 0 Å². The van der Waals surface area contributed by atoms with Crippen LogP contribution < -0.4 is 0 Å². The van der Waals surface area contributed by atoms with Gasteiger partial charge in [0.05, 0.1) is 25.3 Å². The molecule has 3 rings (SSSR count). The van der Waals surface area contributed by atoms with Crippen molar-refractivity contribution in [1.29, 1.82) is 0 Å². The molecule has 3 aromatic rings. The fourth-order valence-electron chi connectivity index (χ4n) is 2.55. The van der Waals surface area contributed by atoms with Crippen LogP contribution in [-0.4, -0.2) is 26.2 Å². The Morgan fingerprint density at radius 3 is 1.36 bits per heavy atom. The number of methoxy groups -OCH3 is 2. The molecule has 0 saturated heterocycles. The zero-order chi connectivity index (χ0) is 17.8. The molecule has 0 N–H and O–H groups in total. The summed E-state index contributed by atoms with van der Waals surface area (Å²) in [5.74, 6) is -0.703. The second-order valence-corrected chi connectivity index (χ2v) is 6.08. The molecule has 0 unspecified atom stereocenters. The molecule has 25 heavy (non-hydrogen) atoms. The second kappa shape index (κ2) is 7.32. The topological polar surface area (TPSA) is 52.6 Å². The molecule has 0 atom stereocenters. The summed E-state index contributed by atoms with van der Waals surface area (Å²) in [7, 11) is 2.73. The molecule has 4 nitrogen and oxygen atoms in total. The molecular weight excluding hydrogens is 336 g/mol. The number of carbonyl (C=O) groups excluding carboxylic acids is 2. The molecule has 0 aliphatic carbocycles. The first-order valence-electron chi connectivity index (χ1n) is 7.57. The van der Waals surface area contributed by atoms with Crippen LogP contribution in [0.3, 0.4) is 0 Å². The van der Waals surface area contributed by atoms with Gasteiger partial charge in [0.25, 0.3) is 0 Å². The van der Waals surface area contributed by atoms with Gasteiger partial charge < -0.3 is 9.47 Å². The normalized spacial score (nSPS) is 10.3. The van der Waals surface area contributed by atoms with Gasteiger partial charge in [0.15, 0.2) is 0 Å². The predicted octanol–water partition coefficient (Wildman–Crippen LogP) is 4.66. The van der Waals surface area contributed by atoms with E-state index in [0.717, 1.165) is 22.3 Å². The van der Waals surface area contributed by atoms with Gasteiger partial charge in [0.2, 0.25) is 0 Å². The highest BCUT2D eigenvalue weighted by atomic mass is 32.1. The number of hydrogen-bond acceptors (Lipinski definition) is 5. The largest absolute Gasteiger partial charge is 0.465 e. The van der Waals surface area contributed by atoms with Crippen molar-refractivity contribution >= 4 is 23.3 Å². The Balaban J connectivity index is 1.92. The first-order chi connectivity index (χ1) is 12.1. The highest BCUT2D eigenvalue weighted by molar-refractivity contribution is 7.08. The minimum Gasteiger partial charge on any atom is -0.465 e. The van der Waals surface area contributed by atoms with Gasteiger partial charge in [-0.1, -0.05) is 24.3 Å². The van der Waals surface area contributed by atoms with Crippen LogP contribution in [0.5, 0.6) is 0 Å². The molecule has 1 aromatic heterocycles. The van der Waals surface area contributed by atoms with E-state index < -0.39 is 0 Å². The molecule has 0 aliphatic rings. The Kier molecular flexibility index (Phi) is 4.95. The van der Waals surface area contributed by atoms with Gasteiger partial charge in [0, 0.05) is 11.1 Å². The number of hydrogen-bond donors (Lipinski definition) is 0. The maximum Gasteiger partial charge on any atom is 0.337 e. The zero-order valence-corrected chi connectivity index (χ0v) is 14.6. The van der Waals surface area contributed by atoms with E-state index in [4.69, 9.17) is 9.47 Å². The van der Waals surface area contributed by atoms with Gasteiger partial charge in [-0.25, -0.2) is 9.59 Å². The van der Waals surface area contributed by atoms with Crippen molar-refractivity contribution in [2.24, 2.45) is 0 Å². The van der Waals surface area contributed by atoms with E-state index in [1.54, 1.807) is 35.6 Å². The van der Waals surface area contributed by atoms with Gasteiger partial charge in [-0.15, -0.1) is 0 Å². The van der Waals surface area contributed by atoms with Crippen molar-refractivity contribution < 1.29 is 19.1 Å². The minimum atomic E-state index is -0.351. The van der Waals surface area contributed by atoms with Crippen molar-refractivity contribution in [3.05, 3.63) is 70.4 Å². The lowest BCUT2D eigenvalue weighted by atomic mass is 9.97. The zero-order valence-electron chi connectivity index (χ0n) is 13.8. The number of ether oxygens (including phenoxy) is 2. The van der Waals surface area contributed by atoms with Crippen LogP contribution in [0.25, 0.3) is 22.3 Å². The van der Waals surface area contributed by atoms with Crippen LogP contribution >= 0.6 is 11.3 Å². The smallest absolute Gasteiger partial charge is 0.337 e. The fourth-order valence-corrected chi connectivity index (χ4v) is 3.42. The lowest BCUT2D eigenvalue weighted by Gasteiger charge is -2.07. The Labute approximate surface area is 149 Å². The highest BCUT2D eigenvalue weighted by Crippen LogP contribution is 2.35. The highest BCUT2D eigenvalue weighted by Gasteiger charge is 2.12. The van der Waals surface area contributed by atoms with E-state index in [0.29, 0.717) is 11.1 Å². The third-order valence-electron chi connectivity index (χ3n) is 3.90. The van der Waals surface area contributed by atoms with Crippen molar-refractivity contribution in [3.8, 4) is 22.3 Å². The maximum atomic E-state index is 11.6. The molecule has 0 fully saturated rings. The number of esters is 2. The minimum absolute atomic E-state index is 0.351. The third-order valence-corrected chi connectivity index (χ3v) is 4.64. The lowest BCUT2D eigenvalue weighted by molar-refractivity contribution is 0.0592. The summed E-state index contributed by atoms with van der Waals surface area (Å²) in [5, 5.41) is 4.13. The van der Waals surface area contributed by atoms with E-state index in [1.165, 1.54) is 14.2 Å². The Hall–Kier alpha value is -2.92. The molecule has 126 valence electrons. The fraction of sp³-hybridized carbons (Fsp3) is 0.100. The molecule has 0 bridgehead atoms. The van der Waals surface area contributed by atoms with Crippen LogP contribution in [-0.2, 0) is 9.47 Å². The van der Waals surface area contributed by atoms with E-state index in [9.17, 15) is 9.59 Å². The van der Waals surface area contributed by atoms with Gasteiger partial charge in [-0.2, -0.15) is 11.3 Å². The van der Waals surface area contributed by atoms with Crippen LogP contribution in [0, 0.1) is 0 Å². The molecule has 1 heterocycles. The van der Waals surface area contributed by atoms with E-state index in [2.05, 4.69) is 10.8 Å². The van der Waals surface area contributed by atoms with Gasteiger partial charge in [-0.05, 0) is 46.2 Å². The predicted molar refractivity (Wildman–Crippen MR) is 97.9 cm³/mol. The molecular formula is C20H16O4S. The third kappa shape index (κ3) is 3.46. The summed E-state index contributed by atoms with van der Waals surface area (Å²) < 4.78 is 9.45. The molecule has 0 radical (unpaired) electrons. The van der Waals surface area contributed by atoms with E-state index in [-0.39, 0.29) is 11.9 Å². The quantitative estimate of drug-likeness (QED) is 0.641. The summed E-state index contributed by atoms with van der Waals surface area (Å²) in [6.07, 6.45) is 0. The first-order valence-corrected chi connectivity index (χ1v) is 8.52. The van der Waals surface area contributed by atoms with Gasteiger partial charge in [0.1, 0.15) is 0 Å². The molecule has 0 spiro atoms. The Morgan fingerprint density at radius 2 is 1.04 bits per heavy atom. The lowest BCUT2D eigenvalue weighted by Crippen LogP contribution is -2.00. The Morgan fingerprint density at radius 1 is 0.680 bits per heavy atom. The monoisotopic (exact) mass is 352 g/mol. The molecule has 0 saturated carbocycles. The number of benzene rings is 2. The SMILES string of the molecule is COC(=O)c1ccc(-c2cscc2-c2ccc(C(=O)OC)cc2)cc1. The summed E-state index contributed by atoms with van der Waals surface area (Å²) in [4.78, 5) is 23.1. The van der Waals surface area contributed by atoms with Crippen molar-refractivity contribution in [3.63, 3.8) is 0 Å². The van der Waals surface area contributed by atoms with Crippen molar-refractivity contribution in [1.82, 2.24) is 0 Å². The Bertz CT molecular complexity index is 818.